The van der Waals surface area contributed by atoms with Gasteiger partial charge in [-0.05, 0) is 25.5 Å². The van der Waals surface area contributed by atoms with Crippen molar-refractivity contribution in [3.8, 4) is 5.75 Å². The van der Waals surface area contributed by atoms with Crippen LogP contribution in [0.25, 0.3) is 0 Å². The summed E-state index contributed by atoms with van der Waals surface area (Å²) in [6, 6.07) is 7.60. The summed E-state index contributed by atoms with van der Waals surface area (Å²) in [6.07, 6.45) is 1.28. The van der Waals surface area contributed by atoms with Crippen molar-refractivity contribution < 1.29 is 14.4 Å². The van der Waals surface area contributed by atoms with Crippen LogP contribution in [0.5, 0.6) is 5.75 Å². The van der Waals surface area contributed by atoms with E-state index >= 15 is 0 Å². The van der Waals surface area contributed by atoms with Crippen LogP contribution in [0, 0.1) is 11.8 Å². The van der Waals surface area contributed by atoms with Gasteiger partial charge in [-0.1, -0.05) is 26.0 Å². The van der Waals surface area contributed by atoms with Gasteiger partial charge in [0.05, 0.1) is 25.4 Å². The quantitative estimate of drug-likeness (QED) is 0.865. The van der Waals surface area contributed by atoms with Gasteiger partial charge in [-0.25, -0.2) is 0 Å². The van der Waals surface area contributed by atoms with Gasteiger partial charge in [0.15, 0.2) is 6.54 Å². The van der Waals surface area contributed by atoms with Gasteiger partial charge in [0.1, 0.15) is 5.75 Å². The third kappa shape index (κ3) is 4.74. The molecule has 4 nitrogen and oxygen atoms in total. The summed E-state index contributed by atoms with van der Waals surface area (Å²) in [4.78, 5) is 13.6. The first-order valence-corrected chi connectivity index (χ1v) is 7.93. The van der Waals surface area contributed by atoms with Crippen LogP contribution in [0.1, 0.15) is 27.2 Å². The van der Waals surface area contributed by atoms with Crippen LogP contribution in [0.15, 0.2) is 24.3 Å². The molecule has 0 saturated carbocycles. The Bertz CT molecular complexity index is 466. The predicted octanol–water partition coefficient (Wildman–Crippen LogP) is 1.58. The smallest absolute Gasteiger partial charge is 0.279 e. The summed E-state index contributed by atoms with van der Waals surface area (Å²) < 4.78 is 5.54. The Morgan fingerprint density at radius 3 is 2.62 bits per heavy atom. The second-order valence-corrected chi connectivity index (χ2v) is 6.26. The van der Waals surface area contributed by atoms with Crippen molar-refractivity contribution in [2.45, 2.75) is 27.2 Å². The summed E-state index contributed by atoms with van der Waals surface area (Å²) in [7, 11) is 0. The number of anilines is 1. The van der Waals surface area contributed by atoms with Crippen LogP contribution in [-0.4, -0.2) is 32.1 Å². The van der Waals surface area contributed by atoms with E-state index < -0.39 is 0 Å². The topological polar surface area (TPSA) is 42.8 Å². The number of carbonyl (C=O) groups is 1. The van der Waals surface area contributed by atoms with Gasteiger partial charge in [-0.2, -0.15) is 0 Å². The van der Waals surface area contributed by atoms with Gasteiger partial charge in [0.25, 0.3) is 5.91 Å². The Labute approximate surface area is 127 Å². The SMILES string of the molecule is CCOc1ccccc1NC(=O)C[NH+]1C[C@H](C)C[C@@H](C)C1. The Balaban J connectivity index is 1.92. The number of amides is 1. The average Bonchev–Trinajstić information content (AvgIpc) is 2.40. The number of piperidine rings is 1. The maximum Gasteiger partial charge on any atom is 0.279 e. The molecule has 1 aromatic rings. The molecule has 116 valence electrons. The molecule has 2 N–H and O–H groups in total. The van der Waals surface area contributed by atoms with E-state index in [2.05, 4.69) is 19.2 Å². The number of quaternary nitrogens is 1. The molecule has 0 aliphatic carbocycles. The van der Waals surface area contributed by atoms with E-state index in [1.165, 1.54) is 11.3 Å². The molecular formula is C17H27N2O2+. The monoisotopic (exact) mass is 291 g/mol. The van der Waals surface area contributed by atoms with Crippen molar-refractivity contribution in [3.05, 3.63) is 24.3 Å². The number of carbonyl (C=O) groups excluding carboxylic acids is 1. The largest absolute Gasteiger partial charge is 0.492 e. The van der Waals surface area contributed by atoms with E-state index in [0.717, 1.165) is 24.5 Å². The van der Waals surface area contributed by atoms with E-state index in [0.29, 0.717) is 25.0 Å². The summed E-state index contributed by atoms with van der Waals surface area (Å²) in [6.45, 7) is 9.80. The van der Waals surface area contributed by atoms with Gasteiger partial charge < -0.3 is 15.0 Å². The highest BCUT2D eigenvalue weighted by molar-refractivity contribution is 5.92. The fourth-order valence-electron chi connectivity index (χ4n) is 3.34. The Morgan fingerprint density at radius 1 is 1.29 bits per heavy atom. The number of para-hydroxylation sites is 2. The molecule has 1 aliphatic heterocycles. The van der Waals surface area contributed by atoms with Gasteiger partial charge in [0.2, 0.25) is 0 Å². The van der Waals surface area contributed by atoms with Gasteiger partial charge >= 0.3 is 0 Å². The first-order chi connectivity index (χ1) is 10.1. The molecule has 21 heavy (non-hydrogen) atoms. The van der Waals surface area contributed by atoms with E-state index in [9.17, 15) is 4.79 Å². The number of rotatable bonds is 5. The van der Waals surface area contributed by atoms with Crippen LogP contribution in [0.3, 0.4) is 0 Å². The highest BCUT2D eigenvalue weighted by atomic mass is 16.5. The lowest BCUT2D eigenvalue weighted by atomic mass is 9.92. The number of likely N-dealkylation sites (tertiary alicyclic amines) is 1. The highest BCUT2D eigenvalue weighted by Crippen LogP contribution is 2.23. The Morgan fingerprint density at radius 2 is 1.95 bits per heavy atom. The molecular weight excluding hydrogens is 264 g/mol. The van der Waals surface area contributed by atoms with Crippen molar-refractivity contribution in [1.29, 1.82) is 0 Å². The summed E-state index contributed by atoms with van der Waals surface area (Å²) in [5.41, 5.74) is 0.766. The highest BCUT2D eigenvalue weighted by Gasteiger charge is 2.26. The summed E-state index contributed by atoms with van der Waals surface area (Å²) in [5.74, 6) is 2.21. The van der Waals surface area contributed by atoms with Crippen molar-refractivity contribution in [2.75, 3.05) is 31.6 Å². The molecule has 0 spiro atoms. The molecule has 0 unspecified atom stereocenters. The van der Waals surface area contributed by atoms with Crippen molar-refractivity contribution in [3.63, 3.8) is 0 Å². The molecule has 1 fully saturated rings. The minimum absolute atomic E-state index is 0.0680. The molecule has 1 amide bonds. The zero-order chi connectivity index (χ0) is 15.2. The molecule has 0 radical (unpaired) electrons. The maximum atomic E-state index is 12.3. The van der Waals surface area contributed by atoms with Crippen LogP contribution in [-0.2, 0) is 4.79 Å². The second-order valence-electron chi connectivity index (χ2n) is 6.26. The minimum atomic E-state index is 0.0680. The van der Waals surface area contributed by atoms with Crippen molar-refractivity contribution in [2.24, 2.45) is 11.8 Å². The van der Waals surface area contributed by atoms with Crippen LogP contribution in [0.4, 0.5) is 5.69 Å². The lowest BCUT2D eigenvalue weighted by Gasteiger charge is -2.31. The maximum absolute atomic E-state index is 12.3. The van der Waals surface area contributed by atoms with E-state index in [4.69, 9.17) is 4.74 Å². The van der Waals surface area contributed by atoms with Crippen LogP contribution < -0.4 is 15.0 Å². The summed E-state index contributed by atoms with van der Waals surface area (Å²) >= 11 is 0. The number of hydrogen-bond acceptors (Lipinski definition) is 2. The van der Waals surface area contributed by atoms with E-state index in [-0.39, 0.29) is 5.91 Å². The fourth-order valence-corrected chi connectivity index (χ4v) is 3.34. The van der Waals surface area contributed by atoms with Gasteiger partial charge in [0, 0.05) is 11.8 Å². The molecule has 1 heterocycles. The lowest BCUT2D eigenvalue weighted by molar-refractivity contribution is -0.904. The number of hydrogen-bond donors (Lipinski definition) is 2. The first kappa shape index (κ1) is 15.8. The average molecular weight is 291 g/mol. The molecule has 2 atom stereocenters. The zero-order valence-corrected chi connectivity index (χ0v) is 13.3. The molecule has 2 rings (SSSR count). The number of benzene rings is 1. The zero-order valence-electron chi connectivity index (χ0n) is 13.3. The number of ether oxygens (including phenoxy) is 1. The molecule has 0 aromatic heterocycles. The standard InChI is InChI=1S/C17H26N2O2/c1-4-21-16-8-6-5-7-15(16)18-17(20)12-19-10-13(2)9-14(3)11-19/h5-8,13-14H,4,9-12H2,1-3H3,(H,18,20)/p+1/t13-,14-/m1/s1. The van der Waals surface area contributed by atoms with E-state index in [1.807, 2.05) is 31.2 Å². The van der Waals surface area contributed by atoms with Crippen molar-refractivity contribution >= 4 is 11.6 Å². The van der Waals surface area contributed by atoms with Gasteiger partial charge in [-0.15, -0.1) is 0 Å². The number of nitrogens with one attached hydrogen (secondary N) is 2. The second kappa shape index (κ2) is 7.46. The molecule has 1 aromatic carbocycles. The third-order valence-electron chi connectivity index (χ3n) is 3.95. The molecule has 0 bridgehead atoms. The van der Waals surface area contributed by atoms with E-state index in [1.54, 1.807) is 0 Å². The Hall–Kier alpha value is -1.55. The molecule has 1 aliphatic rings. The fraction of sp³-hybridized carbons (Fsp3) is 0.588. The lowest BCUT2D eigenvalue weighted by Crippen LogP contribution is -3.15. The van der Waals surface area contributed by atoms with Crippen molar-refractivity contribution in [1.82, 2.24) is 0 Å². The predicted molar refractivity (Wildman–Crippen MR) is 84.7 cm³/mol. The minimum Gasteiger partial charge on any atom is -0.492 e. The third-order valence-corrected chi connectivity index (χ3v) is 3.95. The molecule has 1 saturated heterocycles. The summed E-state index contributed by atoms with van der Waals surface area (Å²) in [5, 5.41) is 2.99. The first-order valence-electron chi connectivity index (χ1n) is 7.93. The Kier molecular flexibility index (Phi) is 5.62. The van der Waals surface area contributed by atoms with Crippen LogP contribution >= 0.6 is 0 Å². The normalized spacial score (nSPS) is 25.4. The van der Waals surface area contributed by atoms with Gasteiger partial charge in [-0.3, -0.25) is 4.79 Å². The molecule has 4 heteroatoms. The van der Waals surface area contributed by atoms with Crippen LogP contribution in [0.2, 0.25) is 0 Å².